The highest BCUT2D eigenvalue weighted by Gasteiger charge is 1.94. The third kappa shape index (κ3) is 22.4. The first-order valence-electron chi connectivity index (χ1n) is 9.71. The van der Waals surface area contributed by atoms with Crippen LogP contribution in [0, 0.1) is 0 Å². The minimum absolute atomic E-state index is 0.662. The van der Waals surface area contributed by atoms with E-state index in [2.05, 4.69) is 22.9 Å². The molecule has 0 aliphatic heterocycles. The molecule has 0 aromatic carbocycles. The second kappa shape index (κ2) is 22.4. The number of ether oxygens (including phenoxy) is 3. The first kappa shape index (κ1) is 23.4. The van der Waals surface area contributed by atoms with Gasteiger partial charge in [-0.1, -0.05) is 87.1 Å². The molecule has 0 saturated heterocycles. The second-order valence-corrected chi connectivity index (χ2v) is 6.85. The van der Waals surface area contributed by atoms with Gasteiger partial charge in [0.05, 0.1) is 33.0 Å². The van der Waals surface area contributed by atoms with Crippen molar-refractivity contribution in [3.63, 3.8) is 0 Å². The van der Waals surface area contributed by atoms with E-state index in [1.54, 1.807) is 0 Å². The summed E-state index contributed by atoms with van der Waals surface area (Å²) >= 11 is 3.32. The third-order valence-electron chi connectivity index (χ3n) is 3.86. The molecule has 4 heteroatoms. The van der Waals surface area contributed by atoms with E-state index >= 15 is 0 Å². The number of alkyl halides is 1. The summed E-state index contributed by atoms with van der Waals surface area (Å²) in [6.45, 7) is 6.61. The fraction of sp³-hybridized carbons (Fsp3) is 1.00. The van der Waals surface area contributed by atoms with E-state index < -0.39 is 0 Å². The van der Waals surface area contributed by atoms with Gasteiger partial charge >= 0.3 is 0 Å². The first-order valence-corrected chi connectivity index (χ1v) is 10.8. The van der Waals surface area contributed by atoms with Crippen molar-refractivity contribution in [3.05, 3.63) is 0 Å². The Labute approximate surface area is 153 Å². The van der Waals surface area contributed by atoms with Gasteiger partial charge in [0.1, 0.15) is 0 Å². The van der Waals surface area contributed by atoms with E-state index in [4.69, 9.17) is 14.2 Å². The zero-order chi connectivity index (χ0) is 16.8. The third-order valence-corrected chi connectivity index (χ3v) is 4.18. The maximum atomic E-state index is 5.57. The van der Waals surface area contributed by atoms with Gasteiger partial charge in [-0.3, -0.25) is 0 Å². The Morgan fingerprint density at radius 1 is 0.478 bits per heavy atom. The topological polar surface area (TPSA) is 27.7 Å². The number of rotatable bonds is 20. The van der Waals surface area contributed by atoms with Gasteiger partial charge in [-0.25, -0.2) is 0 Å². The summed E-state index contributed by atoms with van der Waals surface area (Å²) in [6, 6.07) is 0. The molecule has 3 nitrogen and oxygen atoms in total. The molecule has 0 N–H and O–H groups in total. The van der Waals surface area contributed by atoms with Gasteiger partial charge < -0.3 is 14.2 Å². The molecule has 0 saturated carbocycles. The lowest BCUT2D eigenvalue weighted by Gasteiger charge is -2.06. The predicted octanol–water partition coefficient (Wildman–Crippen LogP) is 5.74. The molecular formula is C19H39BrO3. The van der Waals surface area contributed by atoms with Crippen LogP contribution in [-0.2, 0) is 14.2 Å². The Kier molecular flexibility index (Phi) is 22.7. The number of hydrogen-bond acceptors (Lipinski definition) is 3. The lowest BCUT2D eigenvalue weighted by atomic mass is 10.1. The maximum absolute atomic E-state index is 5.57. The van der Waals surface area contributed by atoms with Crippen LogP contribution in [0.5, 0.6) is 0 Å². The molecule has 0 heterocycles. The lowest BCUT2D eigenvalue weighted by molar-refractivity contribution is 0.0168. The zero-order valence-electron chi connectivity index (χ0n) is 15.3. The Balaban J connectivity index is 2.92. The zero-order valence-corrected chi connectivity index (χ0v) is 16.9. The molecule has 140 valence electrons. The summed E-state index contributed by atoms with van der Waals surface area (Å²) in [5, 5.41) is 0.884. The number of halogens is 1. The minimum atomic E-state index is 0.662. The van der Waals surface area contributed by atoms with Crippen LogP contribution in [0.3, 0.4) is 0 Å². The number of hydrogen-bond donors (Lipinski definition) is 0. The summed E-state index contributed by atoms with van der Waals surface area (Å²) < 4.78 is 16.3. The van der Waals surface area contributed by atoms with Gasteiger partial charge in [-0.05, 0) is 6.42 Å². The molecule has 0 aliphatic rings. The highest BCUT2D eigenvalue weighted by atomic mass is 79.9. The van der Waals surface area contributed by atoms with Crippen molar-refractivity contribution >= 4 is 15.9 Å². The molecule has 0 radical (unpaired) electrons. The molecule has 0 bridgehead atoms. The fourth-order valence-electron chi connectivity index (χ4n) is 2.46. The van der Waals surface area contributed by atoms with Crippen LogP contribution in [0.2, 0.25) is 0 Å². The SMILES string of the molecule is CCCCCCCCCCCCCOCCOCCOCCBr. The standard InChI is InChI=1S/C19H39BrO3/c1-2-3-4-5-6-7-8-9-10-11-12-14-21-16-18-23-19-17-22-15-13-20/h2-19H2,1H3. The van der Waals surface area contributed by atoms with Gasteiger partial charge in [-0.2, -0.15) is 0 Å². The molecule has 0 amide bonds. The molecule has 0 spiro atoms. The van der Waals surface area contributed by atoms with Crippen LogP contribution in [0.1, 0.15) is 77.6 Å². The molecule has 0 aliphatic carbocycles. The molecular weight excluding hydrogens is 356 g/mol. The monoisotopic (exact) mass is 394 g/mol. The predicted molar refractivity (Wildman–Crippen MR) is 103 cm³/mol. The van der Waals surface area contributed by atoms with Crippen LogP contribution < -0.4 is 0 Å². The van der Waals surface area contributed by atoms with Gasteiger partial charge in [0.15, 0.2) is 0 Å². The van der Waals surface area contributed by atoms with Gasteiger partial charge in [0, 0.05) is 11.9 Å². The Morgan fingerprint density at radius 2 is 0.870 bits per heavy atom. The smallest absolute Gasteiger partial charge is 0.0701 e. The van der Waals surface area contributed by atoms with E-state index in [0.29, 0.717) is 26.4 Å². The van der Waals surface area contributed by atoms with E-state index in [9.17, 15) is 0 Å². The van der Waals surface area contributed by atoms with Crippen LogP contribution in [0.25, 0.3) is 0 Å². The van der Waals surface area contributed by atoms with E-state index in [0.717, 1.165) is 18.5 Å². The average molecular weight is 395 g/mol. The summed E-state index contributed by atoms with van der Waals surface area (Å²) in [7, 11) is 0. The largest absolute Gasteiger partial charge is 0.379 e. The minimum Gasteiger partial charge on any atom is -0.379 e. The maximum Gasteiger partial charge on any atom is 0.0701 e. The quantitative estimate of drug-likeness (QED) is 0.194. The van der Waals surface area contributed by atoms with E-state index in [1.807, 2.05) is 0 Å². The van der Waals surface area contributed by atoms with Crippen molar-refractivity contribution in [2.75, 3.05) is 45.0 Å². The van der Waals surface area contributed by atoms with Crippen molar-refractivity contribution in [3.8, 4) is 0 Å². The molecule has 0 rings (SSSR count). The van der Waals surface area contributed by atoms with Gasteiger partial charge in [0.25, 0.3) is 0 Å². The average Bonchev–Trinajstić information content (AvgIpc) is 2.57. The molecule has 0 aromatic rings. The summed E-state index contributed by atoms with van der Waals surface area (Å²) in [6.07, 6.45) is 15.1. The highest BCUT2D eigenvalue weighted by Crippen LogP contribution is 2.11. The summed E-state index contributed by atoms with van der Waals surface area (Å²) in [4.78, 5) is 0. The highest BCUT2D eigenvalue weighted by molar-refractivity contribution is 9.09. The normalized spacial score (nSPS) is 11.2. The van der Waals surface area contributed by atoms with Crippen molar-refractivity contribution in [2.45, 2.75) is 77.6 Å². The molecule has 0 unspecified atom stereocenters. The molecule has 0 aromatic heterocycles. The van der Waals surface area contributed by atoms with Crippen molar-refractivity contribution < 1.29 is 14.2 Å². The van der Waals surface area contributed by atoms with Crippen molar-refractivity contribution in [2.24, 2.45) is 0 Å². The van der Waals surface area contributed by atoms with Crippen LogP contribution >= 0.6 is 15.9 Å². The second-order valence-electron chi connectivity index (χ2n) is 6.06. The van der Waals surface area contributed by atoms with Crippen LogP contribution in [0.15, 0.2) is 0 Å². The molecule has 23 heavy (non-hydrogen) atoms. The lowest BCUT2D eigenvalue weighted by Crippen LogP contribution is -2.10. The molecule has 0 fully saturated rings. The molecule has 0 atom stereocenters. The number of unbranched alkanes of at least 4 members (excludes halogenated alkanes) is 10. The van der Waals surface area contributed by atoms with Crippen LogP contribution in [-0.4, -0.2) is 45.0 Å². The van der Waals surface area contributed by atoms with E-state index in [-0.39, 0.29) is 0 Å². The van der Waals surface area contributed by atoms with E-state index in [1.165, 1.54) is 70.6 Å². The van der Waals surface area contributed by atoms with Crippen LogP contribution in [0.4, 0.5) is 0 Å². The Bertz CT molecular complexity index is 183. The van der Waals surface area contributed by atoms with Gasteiger partial charge in [-0.15, -0.1) is 0 Å². The summed E-state index contributed by atoms with van der Waals surface area (Å²) in [5.41, 5.74) is 0. The Hall–Kier alpha value is 0.360. The van der Waals surface area contributed by atoms with Gasteiger partial charge in [0.2, 0.25) is 0 Å². The van der Waals surface area contributed by atoms with Crippen molar-refractivity contribution in [1.29, 1.82) is 0 Å². The fourth-order valence-corrected chi connectivity index (χ4v) is 2.69. The first-order chi connectivity index (χ1) is 11.4. The summed E-state index contributed by atoms with van der Waals surface area (Å²) in [5.74, 6) is 0. The van der Waals surface area contributed by atoms with Crippen molar-refractivity contribution in [1.82, 2.24) is 0 Å². The Morgan fingerprint density at radius 3 is 1.35 bits per heavy atom.